The van der Waals surface area contributed by atoms with Gasteiger partial charge in [0.1, 0.15) is 0 Å². The largest absolute Gasteiger partial charge is 0.452 e. The number of nitrogen functional groups attached to an aromatic ring is 1. The molecule has 1 aliphatic rings. The van der Waals surface area contributed by atoms with E-state index in [0.29, 0.717) is 35.1 Å². The monoisotopic (exact) mass is 490 g/mol. The summed E-state index contributed by atoms with van der Waals surface area (Å²) >= 11 is 1.25. The third-order valence-corrected chi connectivity index (χ3v) is 7.81. The zero-order chi connectivity index (χ0) is 23.6. The van der Waals surface area contributed by atoms with Crippen molar-refractivity contribution in [2.45, 2.75) is 11.8 Å². The van der Waals surface area contributed by atoms with Crippen LogP contribution >= 0.6 is 11.3 Å². The number of amides is 1. The van der Waals surface area contributed by atoms with Gasteiger partial charge in [0, 0.05) is 18.8 Å². The van der Waals surface area contributed by atoms with Crippen molar-refractivity contribution >= 4 is 54.3 Å². The predicted molar refractivity (Wildman–Crippen MR) is 124 cm³/mol. The second-order valence-corrected chi connectivity index (χ2v) is 10.4. The molecule has 0 aliphatic carbocycles. The minimum atomic E-state index is -3.71. The van der Waals surface area contributed by atoms with Gasteiger partial charge in [-0.2, -0.15) is 4.31 Å². The van der Waals surface area contributed by atoms with Crippen molar-refractivity contribution < 1.29 is 27.5 Å². The first kappa shape index (κ1) is 23.1. The van der Waals surface area contributed by atoms with E-state index in [4.69, 9.17) is 15.2 Å². The summed E-state index contributed by atoms with van der Waals surface area (Å²) in [6.07, 6.45) is 0. The van der Waals surface area contributed by atoms with Crippen molar-refractivity contribution in [2.75, 3.05) is 44.0 Å². The molecule has 1 aromatic heterocycles. The number of hydrogen-bond donors (Lipinski definition) is 2. The molecule has 174 valence electrons. The van der Waals surface area contributed by atoms with Crippen LogP contribution in [0.5, 0.6) is 0 Å². The summed E-state index contributed by atoms with van der Waals surface area (Å²) in [5, 5.41) is 3.01. The lowest BCUT2D eigenvalue weighted by atomic mass is 10.2. The van der Waals surface area contributed by atoms with Gasteiger partial charge in [0.05, 0.1) is 33.9 Å². The van der Waals surface area contributed by atoms with Crippen LogP contribution in [0.1, 0.15) is 15.9 Å². The van der Waals surface area contributed by atoms with Gasteiger partial charge in [-0.15, -0.1) is 0 Å². The number of nitrogens with zero attached hydrogens (tertiary/aromatic N) is 2. The second-order valence-electron chi connectivity index (χ2n) is 7.35. The third-order valence-electron chi connectivity index (χ3n) is 5.07. The number of morpholine rings is 1. The van der Waals surface area contributed by atoms with Crippen LogP contribution < -0.4 is 11.1 Å². The van der Waals surface area contributed by atoms with E-state index in [0.717, 1.165) is 4.70 Å². The average molecular weight is 491 g/mol. The molecule has 0 unspecified atom stereocenters. The number of hydrogen-bond acceptors (Lipinski definition) is 9. The number of nitrogens with one attached hydrogen (secondary N) is 1. The van der Waals surface area contributed by atoms with Crippen molar-refractivity contribution in [1.29, 1.82) is 0 Å². The zero-order valence-electron chi connectivity index (χ0n) is 17.7. The molecule has 0 saturated carbocycles. The van der Waals surface area contributed by atoms with Crippen LogP contribution in [0.25, 0.3) is 10.2 Å². The lowest BCUT2D eigenvalue weighted by molar-refractivity contribution is -0.119. The molecular formula is C21H22N4O6S2. The van der Waals surface area contributed by atoms with Gasteiger partial charge >= 0.3 is 5.97 Å². The molecule has 1 fully saturated rings. The summed E-state index contributed by atoms with van der Waals surface area (Å²) in [6, 6.07) is 9.33. The predicted octanol–water partition coefficient (Wildman–Crippen LogP) is 2.00. The van der Waals surface area contributed by atoms with Crippen molar-refractivity contribution in [2.24, 2.45) is 0 Å². The van der Waals surface area contributed by atoms with Gasteiger partial charge in [-0.3, -0.25) is 4.79 Å². The highest BCUT2D eigenvalue weighted by molar-refractivity contribution is 7.89. The highest BCUT2D eigenvalue weighted by atomic mass is 32.2. The van der Waals surface area contributed by atoms with E-state index in [9.17, 15) is 18.0 Å². The molecule has 2 aromatic carbocycles. The summed E-state index contributed by atoms with van der Waals surface area (Å²) in [7, 11) is -3.71. The van der Waals surface area contributed by atoms with E-state index in [1.807, 2.05) is 0 Å². The van der Waals surface area contributed by atoms with E-state index in [-0.39, 0.29) is 23.5 Å². The molecule has 3 aromatic rings. The van der Waals surface area contributed by atoms with Crippen molar-refractivity contribution in [3.05, 3.63) is 47.5 Å². The fourth-order valence-electron chi connectivity index (χ4n) is 3.30. The molecule has 4 rings (SSSR count). The minimum absolute atomic E-state index is 0.0689. The van der Waals surface area contributed by atoms with E-state index in [2.05, 4.69) is 10.3 Å². The summed E-state index contributed by atoms with van der Waals surface area (Å²) in [6.45, 7) is 2.43. The first-order chi connectivity index (χ1) is 15.7. The number of carbonyl (C=O) groups is 2. The Morgan fingerprint density at radius 3 is 2.73 bits per heavy atom. The standard InChI is InChI=1S/C21H22N4O6S2/c1-13-2-4-15(33(28,29)25-6-8-30-9-7-25)11-17(13)23-19(26)12-31-20(27)14-3-5-16-18(10-14)32-21(22)24-16/h2-5,10-11H,6-9,12H2,1H3,(H2,22,24)(H,23,26). The number of fused-ring (bicyclic) bond motifs is 1. The van der Waals surface area contributed by atoms with Gasteiger partial charge in [0.15, 0.2) is 11.7 Å². The van der Waals surface area contributed by atoms with Crippen molar-refractivity contribution in [1.82, 2.24) is 9.29 Å². The zero-order valence-corrected chi connectivity index (χ0v) is 19.4. The number of aryl methyl sites for hydroxylation is 1. The van der Waals surface area contributed by atoms with Gasteiger partial charge in [0.2, 0.25) is 10.0 Å². The number of ether oxygens (including phenoxy) is 2. The highest BCUT2D eigenvalue weighted by Crippen LogP contribution is 2.25. The van der Waals surface area contributed by atoms with Crippen LogP contribution in [0.15, 0.2) is 41.3 Å². The number of sulfonamides is 1. The summed E-state index contributed by atoms with van der Waals surface area (Å²) < 4.78 is 38.2. The Balaban J connectivity index is 1.41. The summed E-state index contributed by atoms with van der Waals surface area (Å²) in [5.74, 6) is -1.25. The molecule has 0 atom stereocenters. The molecule has 33 heavy (non-hydrogen) atoms. The quantitative estimate of drug-likeness (QED) is 0.500. The first-order valence-corrected chi connectivity index (χ1v) is 12.3. The van der Waals surface area contributed by atoms with Gasteiger partial charge < -0.3 is 20.5 Å². The number of carbonyl (C=O) groups excluding carboxylic acids is 2. The SMILES string of the molecule is Cc1ccc(S(=O)(=O)N2CCOCC2)cc1NC(=O)COC(=O)c1ccc2nc(N)sc2c1. The molecule has 0 bridgehead atoms. The van der Waals surface area contributed by atoms with Gasteiger partial charge in [-0.05, 0) is 42.8 Å². The Morgan fingerprint density at radius 2 is 1.97 bits per heavy atom. The third kappa shape index (κ3) is 5.14. The van der Waals surface area contributed by atoms with Crippen LogP contribution in [0.4, 0.5) is 10.8 Å². The fraction of sp³-hybridized carbons (Fsp3) is 0.286. The molecular weight excluding hydrogens is 468 g/mol. The Kier molecular flexibility index (Phi) is 6.61. The molecule has 1 amide bonds. The Morgan fingerprint density at radius 1 is 1.21 bits per heavy atom. The average Bonchev–Trinajstić information content (AvgIpc) is 3.18. The van der Waals surface area contributed by atoms with E-state index in [1.165, 1.54) is 27.8 Å². The number of aromatic nitrogens is 1. The van der Waals surface area contributed by atoms with E-state index < -0.39 is 28.5 Å². The number of nitrogens with two attached hydrogens (primary N) is 1. The maximum Gasteiger partial charge on any atom is 0.338 e. The second kappa shape index (κ2) is 9.43. The summed E-state index contributed by atoms with van der Waals surface area (Å²) in [4.78, 5) is 28.9. The fourth-order valence-corrected chi connectivity index (χ4v) is 5.51. The topological polar surface area (TPSA) is 141 Å². The lowest BCUT2D eigenvalue weighted by Crippen LogP contribution is -2.40. The number of anilines is 2. The first-order valence-electron chi connectivity index (χ1n) is 10.1. The van der Waals surface area contributed by atoms with Crippen LogP contribution in [0, 0.1) is 6.92 Å². The maximum absolute atomic E-state index is 12.9. The number of esters is 1. The van der Waals surface area contributed by atoms with E-state index >= 15 is 0 Å². The Labute approximate surface area is 194 Å². The van der Waals surface area contributed by atoms with Crippen LogP contribution in [-0.2, 0) is 24.3 Å². The smallest absolute Gasteiger partial charge is 0.338 e. The van der Waals surface area contributed by atoms with Crippen LogP contribution in [0.2, 0.25) is 0 Å². The highest BCUT2D eigenvalue weighted by Gasteiger charge is 2.27. The minimum Gasteiger partial charge on any atom is -0.452 e. The molecule has 1 saturated heterocycles. The number of thiazole rings is 1. The molecule has 1 aliphatic heterocycles. The Hall–Kier alpha value is -3.06. The molecule has 0 spiro atoms. The van der Waals surface area contributed by atoms with Gasteiger partial charge in [-0.25, -0.2) is 18.2 Å². The molecule has 12 heteroatoms. The van der Waals surface area contributed by atoms with E-state index in [1.54, 1.807) is 31.2 Å². The van der Waals surface area contributed by atoms with Crippen molar-refractivity contribution in [3.8, 4) is 0 Å². The normalized spacial score (nSPS) is 14.8. The number of rotatable bonds is 6. The van der Waals surface area contributed by atoms with Crippen LogP contribution in [0.3, 0.4) is 0 Å². The lowest BCUT2D eigenvalue weighted by Gasteiger charge is -2.26. The summed E-state index contributed by atoms with van der Waals surface area (Å²) in [5.41, 5.74) is 7.62. The Bertz CT molecular complexity index is 1320. The molecule has 10 nitrogen and oxygen atoms in total. The van der Waals surface area contributed by atoms with Crippen molar-refractivity contribution in [3.63, 3.8) is 0 Å². The number of benzene rings is 2. The molecule has 3 N–H and O–H groups in total. The molecule has 0 radical (unpaired) electrons. The van der Waals surface area contributed by atoms with Gasteiger partial charge in [-0.1, -0.05) is 17.4 Å². The van der Waals surface area contributed by atoms with Crippen LogP contribution in [-0.4, -0.2) is 62.5 Å². The molecule has 2 heterocycles. The van der Waals surface area contributed by atoms with Gasteiger partial charge in [0.25, 0.3) is 5.91 Å². The maximum atomic E-state index is 12.9.